The maximum Gasteiger partial charge on any atom is 0.490 e. The summed E-state index contributed by atoms with van der Waals surface area (Å²) in [5.74, 6) is -1.51. The summed E-state index contributed by atoms with van der Waals surface area (Å²) in [6.45, 7) is 1.61. The van der Waals surface area contributed by atoms with E-state index in [9.17, 15) is 18.3 Å². The number of aliphatic hydroxyl groups excluding tert-OH is 2. The van der Waals surface area contributed by atoms with Crippen LogP contribution in [0.1, 0.15) is 24.3 Å². The minimum atomic E-state index is -5.08. The largest absolute Gasteiger partial charge is 0.496 e. The first-order chi connectivity index (χ1) is 21.4. The average molecular weight is 636 g/mol. The fourth-order valence-electron chi connectivity index (χ4n) is 5.07. The second-order valence-corrected chi connectivity index (χ2v) is 10.3. The van der Waals surface area contributed by atoms with Crippen LogP contribution in [0.5, 0.6) is 11.5 Å². The first-order valence-electron chi connectivity index (χ1n) is 13.9. The van der Waals surface area contributed by atoms with Crippen LogP contribution in [0.15, 0.2) is 54.7 Å². The summed E-state index contributed by atoms with van der Waals surface area (Å²) in [6, 6.07) is 14.8. The quantitative estimate of drug-likeness (QED) is 0.195. The molecule has 5 rings (SSSR count). The number of para-hydroxylation sites is 1. The number of nitrogens with zero attached hydrogens (tertiary/aromatic N) is 4. The van der Waals surface area contributed by atoms with Crippen LogP contribution in [0, 0.1) is 5.82 Å². The molecule has 1 fully saturated rings. The highest BCUT2D eigenvalue weighted by Gasteiger charge is 2.38. The molecule has 1 aliphatic rings. The number of β-amino-alcohol motifs (C(OH)–C–C–N with tert-alkyl or cyclic N) is 1. The minimum Gasteiger partial charge on any atom is -0.496 e. The number of ether oxygens (including phenoxy) is 2. The molecule has 1 atom stereocenters. The maximum absolute atomic E-state index is 15.3. The molecule has 45 heavy (non-hydrogen) atoms. The summed E-state index contributed by atoms with van der Waals surface area (Å²) >= 11 is 0. The van der Waals surface area contributed by atoms with E-state index in [-0.39, 0.29) is 18.3 Å². The van der Waals surface area contributed by atoms with Crippen molar-refractivity contribution in [2.45, 2.75) is 31.0 Å². The van der Waals surface area contributed by atoms with Gasteiger partial charge in [-0.25, -0.2) is 18.7 Å². The Bertz CT molecular complexity index is 1610. The van der Waals surface area contributed by atoms with Gasteiger partial charge >= 0.3 is 12.1 Å². The third-order valence-electron chi connectivity index (χ3n) is 7.30. The van der Waals surface area contributed by atoms with Crippen molar-refractivity contribution >= 4 is 23.1 Å². The fraction of sp³-hybridized carbons (Fsp3) is 0.367. The van der Waals surface area contributed by atoms with Gasteiger partial charge in [-0.15, -0.1) is 5.10 Å². The predicted molar refractivity (Wildman–Crippen MR) is 156 cm³/mol. The third kappa shape index (κ3) is 8.17. The number of rotatable bonds is 9. The highest BCUT2D eigenvalue weighted by Crippen LogP contribution is 2.37. The molecule has 0 bridgehead atoms. The summed E-state index contributed by atoms with van der Waals surface area (Å²) in [5.41, 5.74) is 3.58. The molecular formula is C30H33F4N5O6. The summed E-state index contributed by atoms with van der Waals surface area (Å²) in [6.07, 6.45) is -2.63. The van der Waals surface area contributed by atoms with Gasteiger partial charge in [-0.2, -0.15) is 13.2 Å². The highest BCUT2D eigenvalue weighted by atomic mass is 19.4. The molecule has 2 aromatic heterocycles. The number of carboxylic acid groups (broad SMARTS) is 1. The molecule has 2 aromatic carbocycles. The zero-order valence-electron chi connectivity index (χ0n) is 24.5. The van der Waals surface area contributed by atoms with Crippen molar-refractivity contribution < 1.29 is 47.1 Å². The number of anilines is 2. The van der Waals surface area contributed by atoms with Crippen LogP contribution in [0.2, 0.25) is 0 Å². The Hall–Kier alpha value is -4.47. The Labute approximate surface area is 255 Å². The number of hydrogen-bond acceptors (Lipinski definition) is 9. The lowest BCUT2D eigenvalue weighted by atomic mass is 9.88. The van der Waals surface area contributed by atoms with Crippen LogP contribution in [0.25, 0.3) is 16.8 Å². The van der Waals surface area contributed by atoms with Crippen molar-refractivity contribution in [1.82, 2.24) is 19.5 Å². The van der Waals surface area contributed by atoms with Gasteiger partial charge in [0.2, 0.25) is 5.95 Å². The van der Waals surface area contributed by atoms with Gasteiger partial charge in [0.05, 0.1) is 50.0 Å². The number of likely N-dealkylation sites (tertiary alicyclic amines) is 1. The van der Waals surface area contributed by atoms with Crippen molar-refractivity contribution in [3.8, 4) is 22.8 Å². The molecule has 0 aliphatic carbocycles. The summed E-state index contributed by atoms with van der Waals surface area (Å²) in [4.78, 5) is 15.4. The van der Waals surface area contributed by atoms with Crippen LogP contribution in [0.3, 0.4) is 0 Å². The first-order valence-corrected chi connectivity index (χ1v) is 13.9. The Morgan fingerprint density at radius 1 is 1.09 bits per heavy atom. The number of methoxy groups -OCH3 is 2. The average Bonchev–Trinajstić information content (AvgIpc) is 3.44. The molecule has 0 radical (unpaired) electrons. The van der Waals surface area contributed by atoms with Gasteiger partial charge in [-0.3, -0.25) is 0 Å². The minimum absolute atomic E-state index is 0.0383. The van der Waals surface area contributed by atoms with Gasteiger partial charge in [0, 0.05) is 18.2 Å². The van der Waals surface area contributed by atoms with Crippen LogP contribution >= 0.6 is 0 Å². The Morgan fingerprint density at radius 2 is 1.76 bits per heavy atom. The summed E-state index contributed by atoms with van der Waals surface area (Å²) < 4.78 is 60.0. The van der Waals surface area contributed by atoms with E-state index in [2.05, 4.69) is 20.3 Å². The first kappa shape index (κ1) is 33.4. The van der Waals surface area contributed by atoms with Crippen molar-refractivity contribution in [2.24, 2.45) is 0 Å². The number of halogens is 4. The second-order valence-electron chi connectivity index (χ2n) is 10.3. The van der Waals surface area contributed by atoms with Gasteiger partial charge in [0.1, 0.15) is 17.3 Å². The zero-order valence-corrected chi connectivity index (χ0v) is 24.5. The van der Waals surface area contributed by atoms with E-state index < -0.39 is 18.2 Å². The lowest BCUT2D eigenvalue weighted by Crippen LogP contribution is -2.39. The van der Waals surface area contributed by atoms with Crippen LogP contribution in [0.4, 0.5) is 29.2 Å². The van der Waals surface area contributed by atoms with Gasteiger partial charge in [0.15, 0.2) is 0 Å². The van der Waals surface area contributed by atoms with Gasteiger partial charge in [0.25, 0.3) is 0 Å². The summed E-state index contributed by atoms with van der Waals surface area (Å²) in [5, 5.41) is 33.7. The Kier molecular flexibility index (Phi) is 10.8. The molecule has 242 valence electrons. The third-order valence-corrected chi connectivity index (χ3v) is 7.30. The van der Waals surface area contributed by atoms with E-state index >= 15 is 4.39 Å². The fourth-order valence-corrected chi connectivity index (χ4v) is 5.07. The second kappa shape index (κ2) is 14.5. The topological polar surface area (TPSA) is 142 Å². The number of piperidine rings is 1. The van der Waals surface area contributed by atoms with E-state index in [1.165, 1.54) is 6.07 Å². The number of hydrogen-bond donors (Lipinski definition) is 4. The molecule has 15 heteroatoms. The van der Waals surface area contributed by atoms with E-state index in [0.29, 0.717) is 29.5 Å². The van der Waals surface area contributed by atoms with Crippen molar-refractivity contribution in [3.63, 3.8) is 0 Å². The molecule has 1 saturated heterocycles. The van der Waals surface area contributed by atoms with Crippen molar-refractivity contribution in [1.29, 1.82) is 0 Å². The number of carbonyl (C=O) groups is 1. The molecular weight excluding hydrogens is 602 g/mol. The van der Waals surface area contributed by atoms with E-state index in [4.69, 9.17) is 24.5 Å². The number of fused-ring (bicyclic) bond motifs is 1. The zero-order chi connectivity index (χ0) is 32.7. The molecule has 0 unspecified atom stereocenters. The Morgan fingerprint density at radius 3 is 2.38 bits per heavy atom. The molecule has 3 heterocycles. The van der Waals surface area contributed by atoms with E-state index in [0.717, 1.165) is 48.5 Å². The number of benzene rings is 2. The number of alkyl halides is 3. The molecule has 11 nitrogen and oxygen atoms in total. The number of aromatic nitrogens is 3. The molecule has 0 spiro atoms. The predicted octanol–water partition coefficient (Wildman–Crippen LogP) is 4.46. The SMILES string of the molecule is COc1cc(C2CCN(C[C@@H](O)CO)CC2)c(F)cc1Nc1ncc2ccc(-c3ccccc3OC)n2n1.O=C(O)C(F)(F)F. The van der Waals surface area contributed by atoms with E-state index in [1.807, 2.05) is 36.4 Å². The lowest BCUT2D eigenvalue weighted by Gasteiger charge is -2.33. The number of aliphatic carboxylic acids is 1. The van der Waals surface area contributed by atoms with Crippen molar-refractivity contribution in [2.75, 3.05) is 45.8 Å². The van der Waals surface area contributed by atoms with E-state index in [1.54, 1.807) is 31.0 Å². The van der Waals surface area contributed by atoms with Crippen LogP contribution < -0.4 is 14.8 Å². The molecule has 4 aromatic rings. The maximum atomic E-state index is 15.3. The monoisotopic (exact) mass is 635 g/mol. The van der Waals surface area contributed by atoms with Crippen LogP contribution in [-0.2, 0) is 4.79 Å². The molecule has 4 N–H and O–H groups in total. The number of aliphatic hydroxyl groups is 2. The lowest BCUT2D eigenvalue weighted by molar-refractivity contribution is -0.192. The molecule has 0 amide bonds. The van der Waals surface area contributed by atoms with Crippen LogP contribution in [-0.4, -0.2) is 93.5 Å². The highest BCUT2D eigenvalue weighted by molar-refractivity contribution is 5.73. The van der Waals surface area contributed by atoms with Crippen molar-refractivity contribution in [3.05, 3.63) is 66.1 Å². The van der Waals surface area contributed by atoms with Gasteiger partial charge in [-0.1, -0.05) is 12.1 Å². The number of carboxylic acids is 1. The summed E-state index contributed by atoms with van der Waals surface area (Å²) in [7, 11) is 3.18. The standard InChI is InChI=1S/C28H32FN5O4.C2HF3O2/c1-37-26-6-4-3-5-21(26)25-8-7-19-15-30-28(32-34(19)25)31-24-14-23(29)22(13-27(24)38-2)18-9-11-33(12-10-18)16-20(36)17-35;3-2(4,5)1(6)7/h3-8,13-15,18,20,35-36H,9-12,16-17H2,1-2H3,(H,31,32);(H,6,7)/t20-;/m1./s1. The van der Waals surface area contributed by atoms with Gasteiger partial charge < -0.3 is 35.0 Å². The molecule has 1 aliphatic heterocycles. The van der Waals surface area contributed by atoms with Gasteiger partial charge in [-0.05, 0) is 67.7 Å². The molecule has 0 saturated carbocycles. The normalized spacial score (nSPS) is 14.8. The number of nitrogens with one attached hydrogen (secondary N) is 1. The Balaban J connectivity index is 0.000000591. The smallest absolute Gasteiger partial charge is 0.490 e.